The average molecular weight is 369 g/mol. The minimum absolute atomic E-state index is 0.719. The highest BCUT2D eigenvalue weighted by Crippen LogP contribution is 2.16. The number of nitrogens with zero attached hydrogens (tertiary/aromatic N) is 4. The molecule has 1 unspecified atom stereocenters. The molecule has 0 aliphatic carbocycles. The van der Waals surface area contributed by atoms with E-state index in [1.54, 1.807) is 6.20 Å². The first-order valence-corrected chi connectivity index (χ1v) is 10.0. The quantitative estimate of drug-likeness (QED) is 0.448. The molecule has 146 valence electrons. The van der Waals surface area contributed by atoms with E-state index < -0.39 is 0 Å². The molecular formula is C21H32N6. The molecule has 1 atom stereocenters. The Kier molecular flexibility index (Phi) is 7.27. The average Bonchev–Trinajstić information content (AvgIpc) is 3.23. The van der Waals surface area contributed by atoms with Gasteiger partial charge >= 0.3 is 0 Å². The third-order valence-corrected chi connectivity index (χ3v) is 5.30. The smallest absolute Gasteiger partial charge is 0.191 e. The van der Waals surface area contributed by atoms with Crippen molar-refractivity contribution in [1.29, 1.82) is 0 Å². The van der Waals surface area contributed by atoms with Gasteiger partial charge in [-0.2, -0.15) is 0 Å². The Morgan fingerprint density at radius 2 is 2.15 bits per heavy atom. The molecule has 0 bridgehead atoms. The van der Waals surface area contributed by atoms with Crippen LogP contribution in [-0.4, -0.2) is 53.1 Å². The maximum absolute atomic E-state index is 4.36. The molecule has 27 heavy (non-hydrogen) atoms. The number of likely N-dealkylation sites (tertiary alicyclic amines) is 1. The summed E-state index contributed by atoms with van der Waals surface area (Å²) in [6.07, 6.45) is 10.8. The summed E-state index contributed by atoms with van der Waals surface area (Å²) in [5, 5.41) is 6.87. The van der Waals surface area contributed by atoms with Gasteiger partial charge in [-0.25, -0.2) is 4.98 Å². The zero-order valence-corrected chi connectivity index (χ0v) is 16.6. The van der Waals surface area contributed by atoms with Gasteiger partial charge in [0.2, 0.25) is 0 Å². The highest BCUT2D eigenvalue weighted by Gasteiger charge is 2.17. The Bertz CT molecular complexity index is 709. The van der Waals surface area contributed by atoms with E-state index in [4.69, 9.17) is 0 Å². The summed E-state index contributed by atoms with van der Waals surface area (Å²) in [5.41, 5.74) is 2.35. The van der Waals surface area contributed by atoms with E-state index in [0.29, 0.717) is 0 Å². The Hall–Kier alpha value is -2.34. The van der Waals surface area contributed by atoms with Gasteiger partial charge in [0.25, 0.3) is 0 Å². The molecule has 3 rings (SSSR count). The standard InChI is InChI=1S/C21H32N6/c1-18-8-5-6-13-26(18)14-7-11-24-21(22-2)25-16-19-9-3-4-10-20(19)27-15-12-23-17-27/h3-4,9-10,12,15,17-18H,5-8,11,13-14,16H2,1-2H3,(H2,22,24,25). The molecule has 1 aromatic carbocycles. The van der Waals surface area contributed by atoms with Crippen LogP contribution in [0, 0.1) is 0 Å². The van der Waals surface area contributed by atoms with Gasteiger partial charge in [0, 0.05) is 45.1 Å². The van der Waals surface area contributed by atoms with Crippen LogP contribution in [0.3, 0.4) is 0 Å². The molecule has 1 saturated heterocycles. The number of rotatable bonds is 7. The summed E-state index contributed by atoms with van der Waals surface area (Å²) in [4.78, 5) is 11.1. The molecule has 0 saturated carbocycles. The van der Waals surface area contributed by atoms with Crippen LogP contribution >= 0.6 is 0 Å². The molecule has 2 aromatic rings. The largest absolute Gasteiger partial charge is 0.356 e. The lowest BCUT2D eigenvalue weighted by Gasteiger charge is -2.33. The lowest BCUT2D eigenvalue weighted by atomic mass is 10.0. The highest BCUT2D eigenvalue weighted by molar-refractivity contribution is 5.79. The number of imidazole rings is 1. The maximum Gasteiger partial charge on any atom is 0.191 e. The van der Waals surface area contributed by atoms with Gasteiger partial charge in [0.05, 0.1) is 12.0 Å². The number of aromatic nitrogens is 2. The van der Waals surface area contributed by atoms with Crippen LogP contribution in [0.25, 0.3) is 5.69 Å². The highest BCUT2D eigenvalue weighted by atomic mass is 15.2. The van der Waals surface area contributed by atoms with E-state index in [9.17, 15) is 0 Å². The minimum atomic E-state index is 0.719. The Labute approximate surface area is 162 Å². The molecule has 1 fully saturated rings. The molecule has 2 heterocycles. The molecule has 6 heteroatoms. The lowest BCUT2D eigenvalue weighted by Crippen LogP contribution is -2.41. The first-order valence-electron chi connectivity index (χ1n) is 10.0. The maximum atomic E-state index is 4.36. The Morgan fingerprint density at radius 3 is 2.93 bits per heavy atom. The number of hydrogen-bond donors (Lipinski definition) is 2. The number of hydrogen-bond acceptors (Lipinski definition) is 3. The first-order chi connectivity index (χ1) is 13.3. The summed E-state index contributed by atoms with van der Waals surface area (Å²) in [6, 6.07) is 9.08. The summed E-state index contributed by atoms with van der Waals surface area (Å²) in [5.74, 6) is 0.849. The van der Waals surface area contributed by atoms with Crippen LogP contribution in [0.1, 0.15) is 38.2 Å². The van der Waals surface area contributed by atoms with Crippen LogP contribution in [0.2, 0.25) is 0 Å². The van der Waals surface area contributed by atoms with Gasteiger partial charge in [0.1, 0.15) is 0 Å². The molecular weight excluding hydrogens is 336 g/mol. The first kappa shape index (κ1) is 19.4. The van der Waals surface area contributed by atoms with Crippen molar-refractivity contribution in [2.75, 3.05) is 26.7 Å². The van der Waals surface area contributed by atoms with E-state index in [1.807, 2.05) is 30.2 Å². The van der Waals surface area contributed by atoms with Crippen molar-refractivity contribution in [3.8, 4) is 5.69 Å². The normalized spacial score (nSPS) is 18.4. The van der Waals surface area contributed by atoms with Gasteiger partial charge in [0.15, 0.2) is 5.96 Å². The summed E-state index contributed by atoms with van der Waals surface area (Å²) < 4.78 is 2.03. The zero-order chi connectivity index (χ0) is 18.9. The second kappa shape index (κ2) is 10.1. The van der Waals surface area contributed by atoms with Gasteiger partial charge in [-0.15, -0.1) is 0 Å². The molecule has 1 aromatic heterocycles. The van der Waals surface area contributed by atoms with E-state index >= 15 is 0 Å². The molecule has 0 spiro atoms. The lowest BCUT2D eigenvalue weighted by molar-refractivity contribution is 0.159. The predicted molar refractivity (Wildman–Crippen MR) is 111 cm³/mol. The van der Waals surface area contributed by atoms with E-state index in [2.05, 4.69) is 50.6 Å². The predicted octanol–water partition coefficient (Wildman–Crippen LogP) is 2.80. The van der Waals surface area contributed by atoms with E-state index in [0.717, 1.165) is 43.7 Å². The van der Waals surface area contributed by atoms with Crippen molar-refractivity contribution in [2.24, 2.45) is 4.99 Å². The number of aliphatic imine (C=N–C) groups is 1. The summed E-state index contributed by atoms with van der Waals surface area (Å²) in [6.45, 7) is 6.42. The van der Waals surface area contributed by atoms with E-state index in [-0.39, 0.29) is 0 Å². The van der Waals surface area contributed by atoms with Gasteiger partial charge in [-0.3, -0.25) is 4.99 Å². The Morgan fingerprint density at radius 1 is 1.26 bits per heavy atom. The topological polar surface area (TPSA) is 57.5 Å². The molecule has 0 radical (unpaired) electrons. The van der Waals surface area contributed by atoms with Crippen molar-refractivity contribution < 1.29 is 0 Å². The van der Waals surface area contributed by atoms with Crippen LogP contribution in [0.15, 0.2) is 48.0 Å². The third-order valence-electron chi connectivity index (χ3n) is 5.30. The number of guanidine groups is 1. The summed E-state index contributed by atoms with van der Waals surface area (Å²) in [7, 11) is 1.82. The van der Waals surface area contributed by atoms with Crippen molar-refractivity contribution in [2.45, 2.75) is 45.2 Å². The molecule has 2 N–H and O–H groups in total. The molecule has 0 amide bonds. The fourth-order valence-electron chi connectivity index (χ4n) is 3.69. The molecule has 1 aliphatic rings. The fraction of sp³-hybridized carbons (Fsp3) is 0.524. The van der Waals surface area contributed by atoms with Gasteiger partial charge in [-0.05, 0) is 44.4 Å². The minimum Gasteiger partial charge on any atom is -0.356 e. The second-order valence-electron chi connectivity index (χ2n) is 7.19. The van der Waals surface area contributed by atoms with Crippen LogP contribution in [0.4, 0.5) is 0 Å². The van der Waals surface area contributed by atoms with Crippen molar-refractivity contribution in [3.05, 3.63) is 48.5 Å². The molecule has 1 aliphatic heterocycles. The van der Waals surface area contributed by atoms with Crippen molar-refractivity contribution >= 4 is 5.96 Å². The summed E-state index contributed by atoms with van der Waals surface area (Å²) >= 11 is 0. The van der Waals surface area contributed by atoms with Crippen molar-refractivity contribution in [3.63, 3.8) is 0 Å². The SMILES string of the molecule is CN=C(NCCCN1CCCCC1C)NCc1ccccc1-n1ccnc1. The van der Waals surface area contributed by atoms with E-state index in [1.165, 1.54) is 31.4 Å². The molecule has 6 nitrogen and oxygen atoms in total. The number of nitrogens with one attached hydrogen (secondary N) is 2. The van der Waals surface area contributed by atoms with Gasteiger partial charge < -0.3 is 20.1 Å². The third kappa shape index (κ3) is 5.57. The van der Waals surface area contributed by atoms with Crippen LogP contribution < -0.4 is 10.6 Å². The van der Waals surface area contributed by atoms with Crippen molar-refractivity contribution in [1.82, 2.24) is 25.1 Å². The van der Waals surface area contributed by atoms with Crippen LogP contribution in [0.5, 0.6) is 0 Å². The fourth-order valence-corrected chi connectivity index (χ4v) is 3.69. The second-order valence-corrected chi connectivity index (χ2v) is 7.19. The van der Waals surface area contributed by atoms with Gasteiger partial charge in [-0.1, -0.05) is 24.6 Å². The number of benzene rings is 1. The number of piperidine rings is 1. The van der Waals surface area contributed by atoms with Crippen LogP contribution in [-0.2, 0) is 6.54 Å². The zero-order valence-electron chi connectivity index (χ0n) is 16.6. The monoisotopic (exact) mass is 368 g/mol. The number of para-hydroxylation sites is 1. The Balaban J connectivity index is 1.45.